The van der Waals surface area contributed by atoms with Crippen molar-refractivity contribution in [3.63, 3.8) is 0 Å². The van der Waals surface area contributed by atoms with Crippen LogP contribution in [0.1, 0.15) is 24.3 Å². The molecule has 0 saturated carbocycles. The molecule has 120 valence electrons. The molecule has 1 aliphatic heterocycles. The van der Waals surface area contributed by atoms with Gasteiger partial charge in [0.2, 0.25) is 0 Å². The Morgan fingerprint density at radius 2 is 1.87 bits per heavy atom. The highest BCUT2D eigenvalue weighted by atomic mass is 16.6. The SMILES string of the molecule is CC(C)Nc1ccnc(C(=O)Nc2ccc3c(c2)OCCO3)c1. The zero-order valence-electron chi connectivity index (χ0n) is 13.1. The summed E-state index contributed by atoms with van der Waals surface area (Å²) in [5, 5.41) is 6.07. The van der Waals surface area contributed by atoms with E-state index in [1.165, 1.54) is 0 Å². The van der Waals surface area contributed by atoms with Gasteiger partial charge in [0, 0.05) is 29.7 Å². The van der Waals surface area contributed by atoms with E-state index < -0.39 is 0 Å². The average Bonchev–Trinajstić information content (AvgIpc) is 2.54. The number of hydrogen-bond donors (Lipinski definition) is 2. The first-order valence-corrected chi connectivity index (χ1v) is 7.55. The molecular weight excluding hydrogens is 294 g/mol. The van der Waals surface area contributed by atoms with E-state index in [4.69, 9.17) is 9.47 Å². The van der Waals surface area contributed by atoms with Crippen LogP contribution >= 0.6 is 0 Å². The zero-order chi connectivity index (χ0) is 16.2. The summed E-state index contributed by atoms with van der Waals surface area (Å²) in [6, 6.07) is 9.17. The summed E-state index contributed by atoms with van der Waals surface area (Å²) < 4.78 is 11.0. The Morgan fingerprint density at radius 1 is 1.09 bits per heavy atom. The number of carbonyl (C=O) groups is 1. The van der Waals surface area contributed by atoms with Gasteiger partial charge in [-0.2, -0.15) is 0 Å². The minimum Gasteiger partial charge on any atom is -0.486 e. The summed E-state index contributed by atoms with van der Waals surface area (Å²) in [5.74, 6) is 1.06. The number of carbonyl (C=O) groups excluding carboxylic acids is 1. The van der Waals surface area contributed by atoms with Gasteiger partial charge in [0.25, 0.3) is 5.91 Å². The molecule has 0 bridgehead atoms. The molecule has 3 rings (SSSR count). The molecule has 2 aromatic rings. The number of benzene rings is 1. The Balaban J connectivity index is 1.74. The fourth-order valence-corrected chi connectivity index (χ4v) is 2.29. The summed E-state index contributed by atoms with van der Waals surface area (Å²) in [6.45, 7) is 5.12. The lowest BCUT2D eigenvalue weighted by molar-refractivity contribution is 0.102. The van der Waals surface area contributed by atoms with E-state index in [1.807, 2.05) is 19.9 Å². The van der Waals surface area contributed by atoms with Gasteiger partial charge in [0.05, 0.1) is 0 Å². The molecule has 1 amide bonds. The molecule has 6 heteroatoms. The molecule has 0 spiro atoms. The lowest BCUT2D eigenvalue weighted by Crippen LogP contribution is -2.17. The van der Waals surface area contributed by atoms with Crippen LogP contribution in [0.4, 0.5) is 11.4 Å². The molecule has 1 aromatic heterocycles. The molecule has 2 heterocycles. The highest BCUT2D eigenvalue weighted by Crippen LogP contribution is 2.32. The van der Waals surface area contributed by atoms with E-state index in [0.29, 0.717) is 36.1 Å². The van der Waals surface area contributed by atoms with Gasteiger partial charge in [-0.3, -0.25) is 9.78 Å². The smallest absolute Gasteiger partial charge is 0.274 e. The number of hydrogen-bond acceptors (Lipinski definition) is 5. The Labute approximate surface area is 134 Å². The second kappa shape index (κ2) is 6.56. The van der Waals surface area contributed by atoms with Gasteiger partial charge in [-0.05, 0) is 38.1 Å². The lowest BCUT2D eigenvalue weighted by Gasteiger charge is -2.19. The molecule has 0 unspecified atom stereocenters. The second-order valence-corrected chi connectivity index (χ2v) is 5.54. The topological polar surface area (TPSA) is 72.5 Å². The summed E-state index contributed by atoms with van der Waals surface area (Å²) in [7, 11) is 0. The largest absolute Gasteiger partial charge is 0.486 e. The van der Waals surface area contributed by atoms with E-state index in [2.05, 4.69) is 15.6 Å². The third kappa shape index (κ3) is 3.71. The first kappa shape index (κ1) is 15.1. The highest BCUT2D eigenvalue weighted by Gasteiger charge is 2.14. The van der Waals surface area contributed by atoms with E-state index in [1.54, 1.807) is 30.5 Å². The molecule has 0 saturated heterocycles. The first-order valence-electron chi connectivity index (χ1n) is 7.55. The number of amides is 1. The van der Waals surface area contributed by atoms with Crippen LogP contribution in [-0.4, -0.2) is 30.1 Å². The Bertz CT molecular complexity index is 716. The van der Waals surface area contributed by atoms with Crippen molar-refractivity contribution in [3.05, 3.63) is 42.2 Å². The molecule has 0 radical (unpaired) electrons. The Hall–Kier alpha value is -2.76. The van der Waals surface area contributed by atoms with Gasteiger partial charge in [0.1, 0.15) is 18.9 Å². The quantitative estimate of drug-likeness (QED) is 0.908. The number of anilines is 2. The molecule has 1 aromatic carbocycles. The van der Waals surface area contributed by atoms with E-state index in [0.717, 1.165) is 5.69 Å². The maximum absolute atomic E-state index is 12.3. The predicted molar refractivity (Wildman–Crippen MR) is 88.4 cm³/mol. The van der Waals surface area contributed by atoms with E-state index in [9.17, 15) is 4.79 Å². The van der Waals surface area contributed by atoms with Crippen molar-refractivity contribution in [1.29, 1.82) is 0 Å². The van der Waals surface area contributed by atoms with Crippen LogP contribution < -0.4 is 20.1 Å². The van der Waals surface area contributed by atoms with Gasteiger partial charge in [-0.15, -0.1) is 0 Å². The third-order valence-electron chi connectivity index (χ3n) is 3.25. The van der Waals surface area contributed by atoms with Crippen LogP contribution in [-0.2, 0) is 0 Å². The molecular formula is C17H19N3O3. The van der Waals surface area contributed by atoms with Crippen LogP contribution in [0.25, 0.3) is 0 Å². The molecule has 2 N–H and O–H groups in total. The number of aromatic nitrogens is 1. The molecule has 23 heavy (non-hydrogen) atoms. The van der Waals surface area contributed by atoms with Crippen LogP contribution in [0.15, 0.2) is 36.5 Å². The van der Waals surface area contributed by atoms with Crippen molar-refractivity contribution in [2.45, 2.75) is 19.9 Å². The number of rotatable bonds is 4. The minimum atomic E-state index is -0.269. The minimum absolute atomic E-state index is 0.269. The standard InChI is InChI=1S/C17H19N3O3/c1-11(2)19-13-5-6-18-14(9-13)17(21)20-12-3-4-15-16(10-12)23-8-7-22-15/h3-6,9-11H,7-8H2,1-2H3,(H,18,19)(H,20,21). The van der Waals surface area contributed by atoms with Crippen LogP contribution in [0.5, 0.6) is 11.5 Å². The predicted octanol–water partition coefficient (Wildman–Crippen LogP) is 2.93. The molecule has 0 aliphatic carbocycles. The van der Waals surface area contributed by atoms with Crippen molar-refractivity contribution in [1.82, 2.24) is 4.98 Å². The van der Waals surface area contributed by atoms with Gasteiger partial charge in [-0.25, -0.2) is 0 Å². The van der Waals surface area contributed by atoms with E-state index in [-0.39, 0.29) is 11.9 Å². The fourth-order valence-electron chi connectivity index (χ4n) is 2.29. The number of pyridine rings is 1. The van der Waals surface area contributed by atoms with E-state index >= 15 is 0 Å². The normalized spacial score (nSPS) is 12.8. The highest BCUT2D eigenvalue weighted by molar-refractivity contribution is 6.03. The first-order chi connectivity index (χ1) is 11.1. The average molecular weight is 313 g/mol. The maximum Gasteiger partial charge on any atom is 0.274 e. The molecule has 6 nitrogen and oxygen atoms in total. The Morgan fingerprint density at radius 3 is 2.65 bits per heavy atom. The van der Waals surface area contributed by atoms with Crippen LogP contribution in [0.3, 0.4) is 0 Å². The molecule has 1 aliphatic rings. The monoisotopic (exact) mass is 313 g/mol. The number of fused-ring (bicyclic) bond motifs is 1. The second-order valence-electron chi connectivity index (χ2n) is 5.54. The third-order valence-corrected chi connectivity index (χ3v) is 3.25. The van der Waals surface area contributed by atoms with Crippen LogP contribution in [0.2, 0.25) is 0 Å². The molecule has 0 fully saturated rings. The number of nitrogens with one attached hydrogen (secondary N) is 2. The summed E-state index contributed by atoms with van der Waals surface area (Å²) in [5.41, 5.74) is 1.86. The fraction of sp³-hybridized carbons (Fsp3) is 0.294. The maximum atomic E-state index is 12.3. The van der Waals surface area contributed by atoms with Crippen LogP contribution in [0, 0.1) is 0 Å². The number of ether oxygens (including phenoxy) is 2. The van der Waals surface area contributed by atoms with Crippen molar-refractivity contribution in [3.8, 4) is 11.5 Å². The summed E-state index contributed by atoms with van der Waals surface area (Å²) >= 11 is 0. The lowest BCUT2D eigenvalue weighted by atomic mass is 10.2. The summed E-state index contributed by atoms with van der Waals surface area (Å²) in [6.07, 6.45) is 1.61. The van der Waals surface area contributed by atoms with Crippen molar-refractivity contribution < 1.29 is 14.3 Å². The van der Waals surface area contributed by atoms with Crippen molar-refractivity contribution in [2.75, 3.05) is 23.8 Å². The van der Waals surface area contributed by atoms with Gasteiger partial charge in [-0.1, -0.05) is 0 Å². The number of nitrogens with zero attached hydrogens (tertiary/aromatic N) is 1. The van der Waals surface area contributed by atoms with Gasteiger partial charge in [0.15, 0.2) is 11.5 Å². The van der Waals surface area contributed by atoms with Gasteiger partial charge < -0.3 is 20.1 Å². The zero-order valence-corrected chi connectivity index (χ0v) is 13.1. The van der Waals surface area contributed by atoms with Crippen molar-refractivity contribution in [2.24, 2.45) is 0 Å². The Kier molecular flexibility index (Phi) is 4.32. The van der Waals surface area contributed by atoms with Gasteiger partial charge >= 0.3 is 0 Å². The molecule has 0 atom stereocenters. The summed E-state index contributed by atoms with van der Waals surface area (Å²) in [4.78, 5) is 16.5. The van der Waals surface area contributed by atoms with Crippen molar-refractivity contribution >= 4 is 17.3 Å².